The van der Waals surface area contributed by atoms with Gasteiger partial charge in [-0.25, -0.2) is 14.8 Å². The molecule has 3 aliphatic rings. The molecule has 0 aromatic carbocycles. The van der Waals surface area contributed by atoms with Gasteiger partial charge in [-0.05, 0) is 26.0 Å². The van der Waals surface area contributed by atoms with E-state index in [1.807, 2.05) is 30.9 Å². The third kappa shape index (κ3) is 2.60. The van der Waals surface area contributed by atoms with Gasteiger partial charge in [-0.2, -0.15) is 0 Å². The summed E-state index contributed by atoms with van der Waals surface area (Å²) in [5.74, 6) is -1.26. The highest BCUT2D eigenvalue weighted by Crippen LogP contribution is 2.46. The minimum atomic E-state index is -1.53. The fraction of sp³-hybridized carbons (Fsp3) is 0.400. The highest BCUT2D eigenvalue weighted by atomic mass is 16.5. The lowest BCUT2D eigenvalue weighted by atomic mass is 9.67. The number of nitrogens with one attached hydrogen (secondary N) is 2. The van der Waals surface area contributed by atoms with Crippen molar-refractivity contribution >= 4 is 23.5 Å². The predicted octanol–water partition coefficient (Wildman–Crippen LogP) is 0.429. The van der Waals surface area contributed by atoms with Crippen molar-refractivity contribution < 1.29 is 19.1 Å². The van der Waals surface area contributed by atoms with Crippen molar-refractivity contribution in [2.75, 3.05) is 11.4 Å². The van der Waals surface area contributed by atoms with Crippen LogP contribution in [0.3, 0.4) is 0 Å². The minimum absolute atomic E-state index is 0.0536. The van der Waals surface area contributed by atoms with Gasteiger partial charge in [-0.1, -0.05) is 0 Å². The molecule has 2 aromatic heterocycles. The van der Waals surface area contributed by atoms with Gasteiger partial charge in [0.1, 0.15) is 6.33 Å². The molecule has 0 aliphatic carbocycles. The Hall–Kier alpha value is -3.40. The average molecular weight is 408 g/mol. The number of anilines is 1. The first-order valence-corrected chi connectivity index (χ1v) is 9.74. The second kappa shape index (κ2) is 6.56. The summed E-state index contributed by atoms with van der Waals surface area (Å²) >= 11 is 0. The van der Waals surface area contributed by atoms with Crippen molar-refractivity contribution in [2.24, 2.45) is 5.41 Å². The number of barbiturate groups is 1. The van der Waals surface area contributed by atoms with Crippen LogP contribution < -0.4 is 15.5 Å². The molecule has 1 spiro atoms. The first-order chi connectivity index (χ1) is 14.4. The third-order valence-electron chi connectivity index (χ3n) is 6.01. The summed E-state index contributed by atoms with van der Waals surface area (Å²) in [6.07, 6.45) is 4.29. The second-order valence-electron chi connectivity index (χ2n) is 7.92. The molecule has 30 heavy (non-hydrogen) atoms. The molecule has 10 heteroatoms. The van der Waals surface area contributed by atoms with Crippen LogP contribution in [0.25, 0.3) is 11.3 Å². The summed E-state index contributed by atoms with van der Waals surface area (Å²) in [6.45, 7) is 4.29. The van der Waals surface area contributed by atoms with Gasteiger partial charge in [-0.15, -0.1) is 0 Å². The molecule has 0 radical (unpaired) electrons. The standard InChI is InChI=1S/C20H20N6O4/c1-10-8-26-15-4-3-13(12-6-21-9-22-7-12)23-14(15)5-20(16(26)11(2)30-10)17(27)24-19(29)25-18(20)28/h3-4,6-7,9-11,16H,5,8H2,1-2H3,(H2,24,25,27,28,29)/t10-,11+,16-/m1/s1. The Balaban J connectivity index is 1.68. The van der Waals surface area contributed by atoms with Crippen LogP contribution in [-0.4, -0.2) is 57.6 Å². The Bertz CT molecular complexity index is 1040. The molecule has 5 rings (SSSR count). The van der Waals surface area contributed by atoms with Crippen LogP contribution >= 0.6 is 0 Å². The highest BCUT2D eigenvalue weighted by Gasteiger charge is 2.63. The first-order valence-electron chi connectivity index (χ1n) is 9.74. The molecule has 2 fully saturated rings. The van der Waals surface area contributed by atoms with Gasteiger partial charge < -0.3 is 9.64 Å². The largest absolute Gasteiger partial charge is 0.372 e. The smallest absolute Gasteiger partial charge is 0.328 e. The lowest BCUT2D eigenvalue weighted by molar-refractivity contribution is -0.153. The van der Waals surface area contributed by atoms with Crippen molar-refractivity contribution in [2.45, 2.75) is 38.5 Å². The van der Waals surface area contributed by atoms with Gasteiger partial charge in [0.25, 0.3) is 0 Å². The summed E-state index contributed by atoms with van der Waals surface area (Å²) in [7, 11) is 0. The molecule has 3 atom stereocenters. The molecular weight excluding hydrogens is 388 g/mol. The van der Waals surface area contributed by atoms with E-state index in [1.165, 1.54) is 6.33 Å². The molecular formula is C20H20N6O4. The fourth-order valence-electron chi connectivity index (χ4n) is 4.88. The van der Waals surface area contributed by atoms with Crippen molar-refractivity contribution in [3.8, 4) is 11.3 Å². The van der Waals surface area contributed by atoms with Crippen molar-refractivity contribution in [3.05, 3.63) is 36.5 Å². The molecule has 4 amide bonds. The summed E-state index contributed by atoms with van der Waals surface area (Å²) in [6, 6.07) is 2.44. The van der Waals surface area contributed by atoms with E-state index in [9.17, 15) is 14.4 Å². The maximum Gasteiger partial charge on any atom is 0.328 e. The van der Waals surface area contributed by atoms with E-state index in [-0.39, 0.29) is 12.5 Å². The molecule has 2 N–H and O–H groups in total. The maximum atomic E-state index is 13.1. The minimum Gasteiger partial charge on any atom is -0.372 e. The zero-order valence-electron chi connectivity index (χ0n) is 16.5. The van der Waals surface area contributed by atoms with E-state index in [0.29, 0.717) is 17.9 Å². The van der Waals surface area contributed by atoms with Crippen LogP contribution in [0.5, 0.6) is 0 Å². The number of urea groups is 1. The number of rotatable bonds is 1. The second-order valence-corrected chi connectivity index (χ2v) is 7.92. The lowest BCUT2D eigenvalue weighted by Gasteiger charge is -2.55. The van der Waals surface area contributed by atoms with Crippen molar-refractivity contribution in [3.63, 3.8) is 0 Å². The Labute approximate surface area is 172 Å². The van der Waals surface area contributed by atoms with Gasteiger partial charge in [0.15, 0.2) is 5.41 Å². The van der Waals surface area contributed by atoms with Gasteiger partial charge in [-0.3, -0.25) is 25.2 Å². The van der Waals surface area contributed by atoms with Gasteiger partial charge >= 0.3 is 6.03 Å². The SMILES string of the molecule is C[C@@H]1CN2c3ccc(-c4cncnc4)nc3CC3(C(=O)NC(=O)NC3=O)[C@H]2[C@H](C)O1. The monoisotopic (exact) mass is 408 g/mol. The number of carbonyl (C=O) groups excluding carboxylic acids is 3. The van der Waals surface area contributed by atoms with Crippen LogP contribution in [0, 0.1) is 5.41 Å². The Morgan fingerprint density at radius 3 is 2.50 bits per heavy atom. The van der Waals surface area contributed by atoms with Gasteiger partial charge in [0, 0.05) is 30.9 Å². The molecule has 10 nitrogen and oxygen atoms in total. The van der Waals surface area contributed by atoms with Crippen molar-refractivity contribution in [1.29, 1.82) is 0 Å². The maximum absolute atomic E-state index is 13.1. The average Bonchev–Trinajstić information content (AvgIpc) is 2.71. The fourth-order valence-corrected chi connectivity index (χ4v) is 4.88. The number of ether oxygens (including phenoxy) is 1. The molecule has 2 saturated heterocycles. The number of aromatic nitrogens is 3. The number of carbonyl (C=O) groups is 3. The topological polar surface area (TPSA) is 126 Å². The zero-order valence-corrected chi connectivity index (χ0v) is 16.5. The molecule has 0 bridgehead atoms. The number of amides is 4. The number of fused-ring (bicyclic) bond motifs is 4. The molecule has 3 aliphatic heterocycles. The molecule has 2 aromatic rings. The Morgan fingerprint density at radius 1 is 1.10 bits per heavy atom. The number of hydrogen-bond donors (Lipinski definition) is 2. The van der Waals surface area contributed by atoms with E-state index in [1.54, 1.807) is 12.4 Å². The van der Waals surface area contributed by atoms with Crippen molar-refractivity contribution in [1.82, 2.24) is 25.6 Å². The highest BCUT2D eigenvalue weighted by molar-refractivity contribution is 6.20. The van der Waals surface area contributed by atoms with E-state index in [0.717, 1.165) is 11.3 Å². The lowest BCUT2D eigenvalue weighted by Crippen LogP contribution is -2.75. The number of nitrogens with zero attached hydrogens (tertiary/aromatic N) is 4. The molecule has 5 heterocycles. The van der Waals surface area contributed by atoms with Gasteiger partial charge in [0.2, 0.25) is 11.8 Å². The van der Waals surface area contributed by atoms with E-state index < -0.39 is 35.4 Å². The van der Waals surface area contributed by atoms with Crippen LogP contribution in [0.4, 0.5) is 10.5 Å². The summed E-state index contributed by atoms with van der Waals surface area (Å²) in [4.78, 5) is 52.8. The molecule has 0 saturated carbocycles. The quantitative estimate of drug-likeness (QED) is 0.651. The van der Waals surface area contributed by atoms with Crippen LogP contribution in [0.15, 0.2) is 30.9 Å². The van der Waals surface area contributed by atoms with Crippen LogP contribution in [0.2, 0.25) is 0 Å². The van der Waals surface area contributed by atoms with E-state index in [4.69, 9.17) is 9.72 Å². The van der Waals surface area contributed by atoms with Crippen LogP contribution in [0.1, 0.15) is 19.5 Å². The van der Waals surface area contributed by atoms with Crippen LogP contribution in [-0.2, 0) is 20.7 Å². The first kappa shape index (κ1) is 18.6. The zero-order chi connectivity index (χ0) is 21.0. The number of hydrogen-bond acceptors (Lipinski definition) is 8. The predicted molar refractivity (Wildman–Crippen MR) is 104 cm³/mol. The number of morpholine rings is 1. The molecule has 0 unspecified atom stereocenters. The Morgan fingerprint density at radius 2 is 1.80 bits per heavy atom. The Kier molecular flexibility index (Phi) is 4.07. The summed E-state index contributed by atoms with van der Waals surface area (Å²) in [5, 5.41) is 4.54. The third-order valence-corrected chi connectivity index (χ3v) is 6.01. The van der Waals surface area contributed by atoms with E-state index in [2.05, 4.69) is 20.6 Å². The molecule has 154 valence electrons. The normalized spacial score (nSPS) is 27.2. The summed E-state index contributed by atoms with van der Waals surface area (Å²) in [5.41, 5.74) is 1.30. The number of imide groups is 2. The number of pyridine rings is 1. The summed E-state index contributed by atoms with van der Waals surface area (Å²) < 4.78 is 5.99. The van der Waals surface area contributed by atoms with E-state index >= 15 is 0 Å². The van der Waals surface area contributed by atoms with Gasteiger partial charge in [0.05, 0.1) is 35.3 Å².